The Morgan fingerprint density at radius 1 is 1.17 bits per heavy atom. The van der Waals surface area contributed by atoms with Gasteiger partial charge in [0.15, 0.2) is 5.82 Å². The average molecular weight is 320 g/mol. The Labute approximate surface area is 137 Å². The fraction of sp³-hybridized carbons (Fsp3) is 0.824. The first kappa shape index (κ1) is 16.4. The summed E-state index contributed by atoms with van der Waals surface area (Å²) < 4.78 is 5.17. The van der Waals surface area contributed by atoms with E-state index in [0.29, 0.717) is 24.3 Å². The maximum absolute atomic E-state index is 12.3. The van der Waals surface area contributed by atoms with Gasteiger partial charge in [0.25, 0.3) is 0 Å². The summed E-state index contributed by atoms with van der Waals surface area (Å²) in [5, 5.41) is 10.7. The van der Waals surface area contributed by atoms with Crippen LogP contribution in [0.1, 0.15) is 75.9 Å². The van der Waals surface area contributed by atoms with E-state index >= 15 is 0 Å². The first-order chi connectivity index (χ1) is 11.2. The van der Waals surface area contributed by atoms with E-state index in [4.69, 9.17) is 4.52 Å². The third kappa shape index (κ3) is 4.10. The van der Waals surface area contributed by atoms with Crippen LogP contribution in [-0.2, 0) is 10.3 Å². The van der Waals surface area contributed by atoms with Gasteiger partial charge in [-0.25, -0.2) is 0 Å². The number of carbonyl (C=O) groups excluding carboxylic acids is 1. The minimum absolute atomic E-state index is 0.0852. The van der Waals surface area contributed by atoms with Gasteiger partial charge in [0.2, 0.25) is 11.8 Å². The first-order valence-corrected chi connectivity index (χ1v) is 9.03. The monoisotopic (exact) mass is 320 g/mol. The number of hydrogen-bond donors (Lipinski definition) is 2. The lowest BCUT2D eigenvalue weighted by Crippen LogP contribution is -2.50. The van der Waals surface area contributed by atoms with Gasteiger partial charge in [-0.3, -0.25) is 10.1 Å². The van der Waals surface area contributed by atoms with Crippen molar-refractivity contribution in [2.24, 2.45) is 0 Å². The maximum Gasteiger partial charge on any atom is 0.234 e. The Hall–Kier alpha value is -1.43. The summed E-state index contributed by atoms with van der Waals surface area (Å²) in [5.41, 5.74) is -0.306. The highest BCUT2D eigenvalue weighted by atomic mass is 16.5. The molecule has 2 fully saturated rings. The lowest BCUT2D eigenvalue weighted by Gasteiger charge is -2.35. The highest BCUT2D eigenvalue weighted by molar-refractivity contribution is 5.78. The number of amides is 1. The molecule has 2 saturated carbocycles. The molecule has 2 aliphatic carbocycles. The van der Waals surface area contributed by atoms with Crippen molar-refractivity contribution in [1.82, 2.24) is 20.8 Å². The number of rotatable bonds is 5. The molecule has 0 spiro atoms. The molecule has 1 heterocycles. The van der Waals surface area contributed by atoms with Gasteiger partial charge >= 0.3 is 0 Å². The number of hydrogen-bond acceptors (Lipinski definition) is 5. The molecule has 1 aromatic rings. The van der Waals surface area contributed by atoms with Gasteiger partial charge in [0, 0.05) is 13.0 Å². The van der Waals surface area contributed by atoms with E-state index in [2.05, 4.69) is 20.8 Å². The van der Waals surface area contributed by atoms with Gasteiger partial charge < -0.3 is 9.84 Å². The summed E-state index contributed by atoms with van der Waals surface area (Å²) in [5.74, 6) is 1.38. The van der Waals surface area contributed by atoms with Crippen molar-refractivity contribution in [3.63, 3.8) is 0 Å². The van der Waals surface area contributed by atoms with Crippen molar-refractivity contribution in [3.05, 3.63) is 11.7 Å². The molecule has 0 atom stereocenters. The number of carbonyl (C=O) groups is 1. The topological polar surface area (TPSA) is 80.0 Å². The van der Waals surface area contributed by atoms with E-state index in [1.165, 1.54) is 25.7 Å². The SMILES string of the molecule is Cc1nc(C2(NCC(=O)NC3CCCCC3)CCCCC2)no1. The van der Waals surface area contributed by atoms with Crippen LogP contribution < -0.4 is 10.6 Å². The molecule has 0 bridgehead atoms. The quantitative estimate of drug-likeness (QED) is 0.871. The second-order valence-corrected chi connectivity index (χ2v) is 7.04. The molecule has 128 valence electrons. The van der Waals surface area contributed by atoms with Crippen LogP contribution in [0.25, 0.3) is 0 Å². The van der Waals surface area contributed by atoms with Gasteiger partial charge in [-0.15, -0.1) is 0 Å². The van der Waals surface area contributed by atoms with E-state index in [-0.39, 0.29) is 11.4 Å². The van der Waals surface area contributed by atoms with Crippen LogP contribution in [0.5, 0.6) is 0 Å². The van der Waals surface area contributed by atoms with E-state index in [9.17, 15) is 4.79 Å². The Morgan fingerprint density at radius 3 is 2.52 bits per heavy atom. The predicted molar refractivity (Wildman–Crippen MR) is 86.8 cm³/mol. The Balaban J connectivity index is 1.59. The van der Waals surface area contributed by atoms with E-state index in [0.717, 1.165) is 38.5 Å². The predicted octanol–water partition coefficient (Wildman–Crippen LogP) is 2.58. The smallest absolute Gasteiger partial charge is 0.234 e. The minimum atomic E-state index is -0.306. The summed E-state index contributed by atoms with van der Waals surface area (Å²) >= 11 is 0. The molecule has 2 N–H and O–H groups in total. The van der Waals surface area contributed by atoms with Gasteiger partial charge in [0.1, 0.15) is 0 Å². The van der Waals surface area contributed by atoms with Crippen LogP contribution >= 0.6 is 0 Å². The fourth-order valence-corrected chi connectivity index (χ4v) is 3.90. The molecule has 23 heavy (non-hydrogen) atoms. The van der Waals surface area contributed by atoms with Crippen LogP contribution in [0.3, 0.4) is 0 Å². The molecule has 1 amide bonds. The number of nitrogens with one attached hydrogen (secondary N) is 2. The Kier molecular flexibility index (Phi) is 5.30. The number of nitrogens with zero attached hydrogens (tertiary/aromatic N) is 2. The number of aromatic nitrogens is 2. The maximum atomic E-state index is 12.3. The third-order valence-electron chi connectivity index (χ3n) is 5.22. The van der Waals surface area contributed by atoms with Crippen molar-refractivity contribution in [1.29, 1.82) is 0 Å². The highest BCUT2D eigenvalue weighted by Gasteiger charge is 2.38. The zero-order valence-electron chi connectivity index (χ0n) is 14.1. The van der Waals surface area contributed by atoms with Crippen molar-refractivity contribution >= 4 is 5.91 Å². The van der Waals surface area contributed by atoms with E-state index < -0.39 is 0 Å². The normalized spacial score (nSPS) is 22.0. The van der Waals surface area contributed by atoms with Crippen LogP contribution in [0, 0.1) is 6.92 Å². The Morgan fingerprint density at radius 2 is 1.87 bits per heavy atom. The average Bonchev–Trinajstić information content (AvgIpc) is 3.02. The molecule has 0 aliphatic heterocycles. The third-order valence-corrected chi connectivity index (χ3v) is 5.22. The molecule has 0 saturated heterocycles. The molecule has 0 unspecified atom stereocenters. The summed E-state index contributed by atoms with van der Waals surface area (Å²) in [6.45, 7) is 2.13. The molecule has 0 aromatic carbocycles. The zero-order chi connectivity index (χ0) is 16.1. The van der Waals surface area contributed by atoms with Crippen molar-refractivity contribution in [3.8, 4) is 0 Å². The lowest BCUT2D eigenvalue weighted by atomic mass is 9.81. The summed E-state index contributed by atoms with van der Waals surface area (Å²) in [6, 6.07) is 0.354. The molecule has 6 nitrogen and oxygen atoms in total. The highest BCUT2D eigenvalue weighted by Crippen LogP contribution is 2.35. The van der Waals surface area contributed by atoms with Crippen molar-refractivity contribution < 1.29 is 9.32 Å². The van der Waals surface area contributed by atoms with Crippen LogP contribution in [0.4, 0.5) is 0 Å². The first-order valence-electron chi connectivity index (χ1n) is 9.03. The molecule has 3 rings (SSSR count). The molecule has 0 radical (unpaired) electrons. The van der Waals surface area contributed by atoms with Crippen LogP contribution in [-0.4, -0.2) is 28.6 Å². The van der Waals surface area contributed by atoms with Gasteiger partial charge in [-0.05, 0) is 25.7 Å². The van der Waals surface area contributed by atoms with E-state index in [1.807, 2.05) is 6.92 Å². The second kappa shape index (κ2) is 7.43. The summed E-state index contributed by atoms with van der Waals surface area (Å²) in [7, 11) is 0. The number of aryl methyl sites for hydroxylation is 1. The Bertz CT molecular complexity index is 516. The van der Waals surface area contributed by atoms with Crippen LogP contribution in [0.15, 0.2) is 4.52 Å². The molecular weight excluding hydrogens is 292 g/mol. The van der Waals surface area contributed by atoms with Gasteiger partial charge in [-0.1, -0.05) is 43.7 Å². The lowest BCUT2D eigenvalue weighted by molar-refractivity contribution is -0.121. The summed E-state index contributed by atoms with van der Waals surface area (Å²) in [4.78, 5) is 16.7. The fourth-order valence-electron chi connectivity index (χ4n) is 3.90. The second-order valence-electron chi connectivity index (χ2n) is 7.04. The molecule has 2 aliphatic rings. The largest absolute Gasteiger partial charge is 0.352 e. The van der Waals surface area contributed by atoms with Crippen LogP contribution in [0.2, 0.25) is 0 Å². The zero-order valence-corrected chi connectivity index (χ0v) is 14.1. The molecule has 1 aromatic heterocycles. The molecular formula is C17H28N4O2. The molecule has 6 heteroatoms. The van der Waals surface area contributed by atoms with Gasteiger partial charge in [0.05, 0.1) is 12.1 Å². The minimum Gasteiger partial charge on any atom is -0.352 e. The standard InChI is InChI=1S/C17H28N4O2/c1-13-19-16(21-23-13)17(10-6-3-7-11-17)18-12-15(22)20-14-8-4-2-5-9-14/h14,18H,2-12H2,1H3,(H,20,22). The van der Waals surface area contributed by atoms with Crippen molar-refractivity contribution in [2.75, 3.05) is 6.54 Å². The van der Waals surface area contributed by atoms with E-state index in [1.54, 1.807) is 0 Å². The summed E-state index contributed by atoms with van der Waals surface area (Å²) in [6.07, 6.45) is 11.4. The van der Waals surface area contributed by atoms with Gasteiger partial charge in [-0.2, -0.15) is 4.98 Å². The van der Waals surface area contributed by atoms with Crippen molar-refractivity contribution in [2.45, 2.75) is 82.7 Å².